The van der Waals surface area contributed by atoms with Crippen molar-refractivity contribution in [1.29, 1.82) is 0 Å². The van der Waals surface area contributed by atoms with Crippen molar-refractivity contribution < 1.29 is 1.43 Å². The first-order chi connectivity index (χ1) is 2.89. The minimum absolute atomic E-state index is 0. The first-order valence-electron chi connectivity index (χ1n) is 1.99. The molecule has 0 spiro atoms. The molecule has 42 valence electrons. The Morgan fingerprint density at radius 1 is 1.71 bits per heavy atom. The molecule has 1 rings (SSSR count). The van der Waals surface area contributed by atoms with Gasteiger partial charge < -0.3 is 4.98 Å². The van der Waals surface area contributed by atoms with Gasteiger partial charge in [0.2, 0.25) is 0 Å². The van der Waals surface area contributed by atoms with Gasteiger partial charge in [-0.1, -0.05) is 0 Å². The van der Waals surface area contributed by atoms with E-state index in [2.05, 4.69) is 4.98 Å². The molecular weight excluding hydrogens is 106 g/mol. The Hall–Kier alpha value is -0.370. The SMILES string of the molecule is Cc1ccc[nH]1.S.[HH]. The third kappa shape index (κ3) is 1.69. The molecule has 0 aliphatic rings. The molecule has 7 heavy (non-hydrogen) atoms. The van der Waals surface area contributed by atoms with E-state index in [1.807, 2.05) is 25.3 Å². The molecule has 0 aliphatic heterocycles. The molecule has 1 heterocycles. The van der Waals surface area contributed by atoms with Crippen LogP contribution in [-0.2, 0) is 0 Å². The van der Waals surface area contributed by atoms with Crippen LogP contribution in [-0.4, -0.2) is 4.98 Å². The Morgan fingerprint density at radius 2 is 2.43 bits per heavy atom. The standard InChI is InChI=1S/C5H7N.H2S.H2/c1-5-3-2-4-6-5;;/h2-4,6H,1H3;1H2;1H. The van der Waals surface area contributed by atoms with Crippen LogP contribution in [0.2, 0.25) is 0 Å². The van der Waals surface area contributed by atoms with Gasteiger partial charge in [0.15, 0.2) is 0 Å². The number of aromatic nitrogens is 1. The molecule has 0 bridgehead atoms. The van der Waals surface area contributed by atoms with Crippen LogP contribution >= 0.6 is 13.5 Å². The summed E-state index contributed by atoms with van der Waals surface area (Å²) in [6.45, 7) is 2.03. The van der Waals surface area contributed by atoms with Gasteiger partial charge in [-0.15, -0.1) is 0 Å². The molecule has 0 atom stereocenters. The molecule has 0 fully saturated rings. The second-order valence-corrected chi connectivity index (χ2v) is 1.35. The largest absolute Gasteiger partial charge is 0.365 e. The molecule has 1 N–H and O–H groups in total. The Bertz CT molecular complexity index is 116. The third-order valence-corrected chi connectivity index (χ3v) is 0.753. The van der Waals surface area contributed by atoms with Gasteiger partial charge in [0.25, 0.3) is 0 Å². The summed E-state index contributed by atoms with van der Waals surface area (Å²) in [6.07, 6.45) is 1.91. The van der Waals surface area contributed by atoms with Crippen LogP contribution in [0.3, 0.4) is 0 Å². The zero-order valence-electron chi connectivity index (χ0n) is 4.23. The first kappa shape index (κ1) is 6.63. The van der Waals surface area contributed by atoms with Crippen molar-refractivity contribution in [2.75, 3.05) is 0 Å². The van der Waals surface area contributed by atoms with Gasteiger partial charge in [-0.3, -0.25) is 0 Å². The second kappa shape index (κ2) is 2.75. The van der Waals surface area contributed by atoms with Crippen molar-refractivity contribution >= 4 is 13.5 Å². The molecule has 1 aromatic rings. The van der Waals surface area contributed by atoms with Crippen molar-refractivity contribution in [3.05, 3.63) is 24.0 Å². The van der Waals surface area contributed by atoms with Crippen molar-refractivity contribution in [3.63, 3.8) is 0 Å². The third-order valence-electron chi connectivity index (χ3n) is 0.753. The number of aryl methyl sites for hydroxylation is 1. The highest BCUT2D eigenvalue weighted by atomic mass is 32.1. The molecule has 0 saturated carbocycles. The maximum atomic E-state index is 3.00. The molecule has 0 radical (unpaired) electrons. The van der Waals surface area contributed by atoms with Gasteiger partial charge >= 0.3 is 0 Å². The summed E-state index contributed by atoms with van der Waals surface area (Å²) in [7, 11) is 0. The number of hydrogen-bond acceptors (Lipinski definition) is 0. The zero-order valence-corrected chi connectivity index (χ0v) is 5.23. The minimum atomic E-state index is 0. The lowest BCUT2D eigenvalue weighted by atomic mass is 10.5. The summed E-state index contributed by atoms with van der Waals surface area (Å²) in [5.41, 5.74) is 1.22. The number of hydrogen-bond donors (Lipinski definition) is 1. The van der Waals surface area contributed by atoms with Crippen LogP contribution in [0.5, 0.6) is 0 Å². The Morgan fingerprint density at radius 3 is 2.57 bits per heavy atom. The number of H-pyrrole nitrogens is 1. The van der Waals surface area contributed by atoms with Crippen LogP contribution in [0, 0.1) is 6.92 Å². The van der Waals surface area contributed by atoms with Gasteiger partial charge in [-0.25, -0.2) is 0 Å². The van der Waals surface area contributed by atoms with E-state index in [0.29, 0.717) is 0 Å². The quantitative estimate of drug-likeness (QED) is 0.532. The summed E-state index contributed by atoms with van der Waals surface area (Å²) in [4.78, 5) is 3.00. The monoisotopic (exact) mass is 117 g/mol. The van der Waals surface area contributed by atoms with E-state index in [1.54, 1.807) is 0 Å². The van der Waals surface area contributed by atoms with E-state index in [-0.39, 0.29) is 14.9 Å². The number of rotatable bonds is 0. The number of nitrogens with one attached hydrogen (secondary N) is 1. The minimum Gasteiger partial charge on any atom is -0.365 e. The average Bonchev–Trinajstić information content (AvgIpc) is 1.86. The molecule has 1 nitrogen and oxygen atoms in total. The fraction of sp³-hybridized carbons (Fsp3) is 0.200. The van der Waals surface area contributed by atoms with Crippen molar-refractivity contribution in [1.82, 2.24) is 4.98 Å². The Labute approximate surface area is 51.7 Å². The molecule has 0 unspecified atom stereocenters. The van der Waals surface area contributed by atoms with Crippen molar-refractivity contribution in [2.45, 2.75) is 6.92 Å². The zero-order chi connectivity index (χ0) is 4.41. The second-order valence-electron chi connectivity index (χ2n) is 1.35. The van der Waals surface area contributed by atoms with Gasteiger partial charge in [0.05, 0.1) is 0 Å². The molecule has 0 saturated heterocycles. The lowest BCUT2D eigenvalue weighted by molar-refractivity contribution is 1.27. The van der Waals surface area contributed by atoms with E-state index in [9.17, 15) is 0 Å². The van der Waals surface area contributed by atoms with E-state index in [4.69, 9.17) is 0 Å². The smallest absolute Gasteiger partial charge is 0.0115 e. The normalized spacial score (nSPS) is 7.57. The topological polar surface area (TPSA) is 15.8 Å². The van der Waals surface area contributed by atoms with Crippen LogP contribution in [0.1, 0.15) is 7.12 Å². The average molecular weight is 117 g/mol. The van der Waals surface area contributed by atoms with E-state index >= 15 is 0 Å². The summed E-state index contributed by atoms with van der Waals surface area (Å²) in [5, 5.41) is 0. The Balaban J connectivity index is 0. The molecular formula is C5H11NS. The summed E-state index contributed by atoms with van der Waals surface area (Å²) in [5.74, 6) is 0. The summed E-state index contributed by atoms with van der Waals surface area (Å²) >= 11 is 0. The number of aromatic amines is 1. The van der Waals surface area contributed by atoms with Gasteiger partial charge in [-0.2, -0.15) is 13.5 Å². The predicted molar refractivity (Wildman–Crippen MR) is 38.0 cm³/mol. The van der Waals surface area contributed by atoms with Crippen LogP contribution in [0.4, 0.5) is 0 Å². The van der Waals surface area contributed by atoms with Crippen LogP contribution in [0.15, 0.2) is 18.3 Å². The lowest BCUT2D eigenvalue weighted by Gasteiger charge is -1.70. The maximum Gasteiger partial charge on any atom is 0.0115 e. The predicted octanol–water partition coefficient (Wildman–Crippen LogP) is 1.68. The van der Waals surface area contributed by atoms with Gasteiger partial charge in [0, 0.05) is 13.3 Å². The fourth-order valence-electron chi connectivity index (χ4n) is 0.420. The van der Waals surface area contributed by atoms with Crippen molar-refractivity contribution in [3.8, 4) is 0 Å². The molecule has 1 aromatic heterocycles. The fourth-order valence-corrected chi connectivity index (χ4v) is 0.420. The lowest BCUT2D eigenvalue weighted by Crippen LogP contribution is -1.59. The van der Waals surface area contributed by atoms with Gasteiger partial charge in [-0.05, 0) is 19.1 Å². The summed E-state index contributed by atoms with van der Waals surface area (Å²) in [6, 6.07) is 4.01. The molecule has 2 heteroatoms. The van der Waals surface area contributed by atoms with Crippen molar-refractivity contribution in [2.24, 2.45) is 0 Å². The highest BCUT2D eigenvalue weighted by molar-refractivity contribution is 7.59. The van der Waals surface area contributed by atoms with Crippen LogP contribution in [0.25, 0.3) is 0 Å². The Kier molecular flexibility index (Phi) is 2.60. The maximum absolute atomic E-state index is 3.00. The molecule has 0 aromatic carbocycles. The highest BCUT2D eigenvalue weighted by Crippen LogP contribution is 1.86. The molecule has 0 amide bonds. The molecule has 0 aliphatic carbocycles. The first-order valence-corrected chi connectivity index (χ1v) is 1.99. The highest BCUT2D eigenvalue weighted by Gasteiger charge is 1.72. The van der Waals surface area contributed by atoms with Gasteiger partial charge in [0.1, 0.15) is 0 Å². The summed E-state index contributed by atoms with van der Waals surface area (Å²) < 4.78 is 0. The van der Waals surface area contributed by atoms with E-state index in [1.165, 1.54) is 5.69 Å². The van der Waals surface area contributed by atoms with E-state index in [0.717, 1.165) is 0 Å². The van der Waals surface area contributed by atoms with E-state index < -0.39 is 0 Å². The van der Waals surface area contributed by atoms with Crippen LogP contribution < -0.4 is 0 Å².